The van der Waals surface area contributed by atoms with Gasteiger partial charge in [-0.25, -0.2) is 0 Å². The van der Waals surface area contributed by atoms with E-state index >= 15 is 0 Å². The Morgan fingerprint density at radius 2 is 2.14 bits per heavy atom. The SMILES string of the molecule is COC1(C(=O)Nc2ccc3c(c2)CCCO3)CCNCC1.Cl. The van der Waals surface area contributed by atoms with Gasteiger partial charge in [0.2, 0.25) is 0 Å². The molecular weight excluding hydrogens is 304 g/mol. The number of methoxy groups -OCH3 is 1. The van der Waals surface area contributed by atoms with Gasteiger partial charge in [0.05, 0.1) is 6.61 Å². The Kier molecular flexibility index (Phi) is 5.67. The molecule has 1 aromatic rings. The number of nitrogens with one attached hydrogen (secondary N) is 2. The molecule has 1 amide bonds. The highest BCUT2D eigenvalue weighted by atomic mass is 35.5. The van der Waals surface area contributed by atoms with Gasteiger partial charge < -0.3 is 20.1 Å². The summed E-state index contributed by atoms with van der Waals surface area (Å²) in [6.45, 7) is 2.39. The third-order valence-electron chi connectivity index (χ3n) is 4.38. The monoisotopic (exact) mass is 326 g/mol. The quantitative estimate of drug-likeness (QED) is 0.893. The zero-order valence-corrected chi connectivity index (χ0v) is 13.6. The summed E-state index contributed by atoms with van der Waals surface area (Å²) < 4.78 is 11.1. The van der Waals surface area contributed by atoms with Crippen LogP contribution in [0, 0.1) is 0 Å². The van der Waals surface area contributed by atoms with E-state index in [9.17, 15) is 4.79 Å². The van der Waals surface area contributed by atoms with Crippen LogP contribution in [-0.2, 0) is 16.0 Å². The van der Waals surface area contributed by atoms with E-state index in [1.165, 1.54) is 0 Å². The van der Waals surface area contributed by atoms with E-state index in [-0.39, 0.29) is 18.3 Å². The maximum absolute atomic E-state index is 12.6. The van der Waals surface area contributed by atoms with Gasteiger partial charge in [-0.2, -0.15) is 0 Å². The number of carbonyl (C=O) groups excluding carboxylic acids is 1. The van der Waals surface area contributed by atoms with Gasteiger partial charge in [-0.3, -0.25) is 4.79 Å². The molecule has 0 bridgehead atoms. The normalized spacial score (nSPS) is 19.3. The topological polar surface area (TPSA) is 59.6 Å². The first kappa shape index (κ1) is 17.1. The molecule has 3 rings (SSSR count). The number of halogens is 1. The lowest BCUT2D eigenvalue weighted by Gasteiger charge is -2.34. The molecule has 0 saturated carbocycles. The van der Waals surface area contributed by atoms with Gasteiger partial charge in [-0.15, -0.1) is 12.4 Å². The number of hydrogen-bond acceptors (Lipinski definition) is 4. The van der Waals surface area contributed by atoms with Crippen molar-refractivity contribution >= 4 is 24.0 Å². The maximum atomic E-state index is 12.6. The molecule has 0 unspecified atom stereocenters. The molecule has 1 fully saturated rings. The van der Waals surface area contributed by atoms with E-state index in [2.05, 4.69) is 10.6 Å². The van der Waals surface area contributed by atoms with Gasteiger partial charge in [-0.05, 0) is 62.5 Å². The van der Waals surface area contributed by atoms with Crippen molar-refractivity contribution < 1.29 is 14.3 Å². The second-order valence-electron chi connectivity index (χ2n) is 5.68. The van der Waals surface area contributed by atoms with Crippen LogP contribution in [0.5, 0.6) is 5.75 Å². The van der Waals surface area contributed by atoms with Gasteiger partial charge in [-0.1, -0.05) is 0 Å². The molecule has 0 aromatic heterocycles. The van der Waals surface area contributed by atoms with Crippen LogP contribution in [0.4, 0.5) is 5.69 Å². The lowest BCUT2D eigenvalue weighted by Crippen LogP contribution is -2.51. The molecule has 0 atom stereocenters. The standard InChI is InChI=1S/C16H22N2O3.ClH/c1-20-16(6-8-17-9-7-16)15(19)18-13-4-5-14-12(11-13)3-2-10-21-14;/h4-5,11,17H,2-3,6-10H2,1H3,(H,18,19);1H. The van der Waals surface area contributed by atoms with Crippen LogP contribution < -0.4 is 15.4 Å². The number of hydrogen-bond donors (Lipinski definition) is 2. The van der Waals surface area contributed by atoms with E-state index in [0.29, 0.717) is 12.8 Å². The second kappa shape index (κ2) is 7.31. The number of benzene rings is 1. The Bertz CT molecular complexity index is 530. The van der Waals surface area contributed by atoms with Crippen LogP contribution >= 0.6 is 12.4 Å². The minimum absolute atomic E-state index is 0. The number of fused-ring (bicyclic) bond motifs is 1. The summed E-state index contributed by atoms with van der Waals surface area (Å²) in [7, 11) is 1.62. The van der Waals surface area contributed by atoms with E-state index in [4.69, 9.17) is 9.47 Å². The Balaban J connectivity index is 0.00000176. The fraction of sp³-hybridized carbons (Fsp3) is 0.562. The van der Waals surface area contributed by atoms with Crippen LogP contribution in [0.2, 0.25) is 0 Å². The molecule has 1 saturated heterocycles. The molecular formula is C16H23ClN2O3. The summed E-state index contributed by atoms with van der Waals surface area (Å²) in [5, 5.41) is 6.26. The number of carbonyl (C=O) groups is 1. The zero-order valence-electron chi connectivity index (χ0n) is 12.8. The highest BCUT2D eigenvalue weighted by Gasteiger charge is 2.39. The van der Waals surface area contributed by atoms with Crippen molar-refractivity contribution in [1.82, 2.24) is 5.32 Å². The fourth-order valence-corrected chi connectivity index (χ4v) is 3.04. The molecule has 22 heavy (non-hydrogen) atoms. The highest BCUT2D eigenvalue weighted by molar-refractivity contribution is 5.97. The summed E-state index contributed by atoms with van der Waals surface area (Å²) in [5.74, 6) is 0.880. The molecule has 122 valence electrons. The smallest absolute Gasteiger partial charge is 0.256 e. The summed E-state index contributed by atoms with van der Waals surface area (Å²) in [5.41, 5.74) is 1.27. The predicted octanol–water partition coefficient (Wildman–Crippen LogP) is 2.14. The van der Waals surface area contributed by atoms with Crippen molar-refractivity contribution in [2.24, 2.45) is 0 Å². The van der Waals surface area contributed by atoms with Crippen molar-refractivity contribution in [3.63, 3.8) is 0 Å². The van der Waals surface area contributed by atoms with Crippen LogP contribution in [0.1, 0.15) is 24.8 Å². The zero-order chi connectivity index (χ0) is 14.7. The molecule has 5 nitrogen and oxygen atoms in total. The molecule has 2 heterocycles. The number of ether oxygens (including phenoxy) is 2. The first-order valence-corrected chi connectivity index (χ1v) is 7.57. The number of aryl methyl sites for hydroxylation is 1. The van der Waals surface area contributed by atoms with E-state index < -0.39 is 5.60 Å². The second-order valence-corrected chi connectivity index (χ2v) is 5.68. The lowest BCUT2D eigenvalue weighted by molar-refractivity contribution is -0.140. The summed E-state index contributed by atoms with van der Waals surface area (Å²) >= 11 is 0. The lowest BCUT2D eigenvalue weighted by atomic mass is 9.91. The van der Waals surface area contributed by atoms with Crippen LogP contribution in [0.3, 0.4) is 0 Å². The molecule has 2 N–H and O–H groups in total. The molecule has 6 heteroatoms. The molecule has 0 spiro atoms. The number of piperidine rings is 1. The van der Waals surface area contributed by atoms with Crippen molar-refractivity contribution in [1.29, 1.82) is 0 Å². The van der Waals surface area contributed by atoms with E-state index in [0.717, 1.165) is 49.5 Å². The van der Waals surface area contributed by atoms with Crippen molar-refractivity contribution in [3.05, 3.63) is 23.8 Å². The Hall–Kier alpha value is -1.30. The van der Waals surface area contributed by atoms with Crippen LogP contribution in [0.25, 0.3) is 0 Å². The highest BCUT2D eigenvalue weighted by Crippen LogP contribution is 2.29. The average molecular weight is 327 g/mol. The summed E-state index contributed by atoms with van der Waals surface area (Å²) in [6, 6.07) is 5.84. The number of amides is 1. The third kappa shape index (κ3) is 3.37. The first-order chi connectivity index (χ1) is 10.2. The maximum Gasteiger partial charge on any atom is 0.256 e. The fourth-order valence-electron chi connectivity index (χ4n) is 3.04. The van der Waals surface area contributed by atoms with Crippen LogP contribution in [-0.4, -0.2) is 38.3 Å². The minimum Gasteiger partial charge on any atom is -0.493 e. The van der Waals surface area contributed by atoms with Gasteiger partial charge in [0.25, 0.3) is 5.91 Å². The Morgan fingerprint density at radius 1 is 1.36 bits per heavy atom. The molecule has 2 aliphatic rings. The van der Waals surface area contributed by atoms with Gasteiger partial charge in [0.1, 0.15) is 11.4 Å². The molecule has 1 aromatic carbocycles. The Labute approximate surface area is 137 Å². The predicted molar refractivity (Wildman–Crippen MR) is 88.0 cm³/mol. The summed E-state index contributed by atoms with van der Waals surface area (Å²) in [6.07, 6.45) is 3.42. The third-order valence-corrected chi connectivity index (χ3v) is 4.38. The number of rotatable bonds is 3. The Morgan fingerprint density at radius 3 is 2.86 bits per heavy atom. The minimum atomic E-state index is -0.711. The van der Waals surface area contributed by atoms with E-state index in [1.54, 1.807) is 7.11 Å². The average Bonchev–Trinajstić information content (AvgIpc) is 2.55. The van der Waals surface area contributed by atoms with Crippen molar-refractivity contribution in [3.8, 4) is 5.75 Å². The van der Waals surface area contributed by atoms with Gasteiger partial charge in [0.15, 0.2) is 0 Å². The van der Waals surface area contributed by atoms with Crippen molar-refractivity contribution in [2.45, 2.75) is 31.3 Å². The van der Waals surface area contributed by atoms with Crippen LogP contribution in [0.15, 0.2) is 18.2 Å². The van der Waals surface area contributed by atoms with Gasteiger partial charge in [0, 0.05) is 12.8 Å². The molecule has 2 aliphatic heterocycles. The van der Waals surface area contributed by atoms with Crippen molar-refractivity contribution in [2.75, 3.05) is 32.1 Å². The first-order valence-electron chi connectivity index (χ1n) is 7.57. The van der Waals surface area contributed by atoms with E-state index in [1.807, 2.05) is 18.2 Å². The largest absolute Gasteiger partial charge is 0.493 e. The summed E-state index contributed by atoms with van der Waals surface area (Å²) in [4.78, 5) is 12.6. The van der Waals surface area contributed by atoms with Gasteiger partial charge >= 0.3 is 0 Å². The molecule has 0 aliphatic carbocycles. The molecule has 0 radical (unpaired) electrons. The number of anilines is 1.